The fraction of sp³-hybridized carbons (Fsp3) is 0.429. The van der Waals surface area contributed by atoms with E-state index in [-0.39, 0.29) is 11.9 Å². The number of halogens is 3. The first-order valence-corrected chi connectivity index (χ1v) is 9.34. The Morgan fingerprint density at radius 1 is 1.07 bits per heavy atom. The van der Waals surface area contributed by atoms with Gasteiger partial charge in [0.05, 0.1) is 5.56 Å². The molecule has 0 radical (unpaired) electrons. The number of nitrogens with zero attached hydrogens (tertiary/aromatic N) is 2. The lowest BCUT2D eigenvalue weighted by Gasteiger charge is -2.35. The van der Waals surface area contributed by atoms with E-state index >= 15 is 0 Å². The van der Waals surface area contributed by atoms with Gasteiger partial charge in [-0.3, -0.25) is 9.59 Å². The van der Waals surface area contributed by atoms with Crippen LogP contribution in [0.25, 0.3) is 0 Å². The molecule has 2 aromatic rings. The van der Waals surface area contributed by atoms with E-state index in [9.17, 15) is 22.8 Å². The molecule has 1 heterocycles. The van der Waals surface area contributed by atoms with Crippen LogP contribution in [0, 0.1) is 0 Å². The van der Waals surface area contributed by atoms with Gasteiger partial charge < -0.3 is 9.47 Å². The highest BCUT2D eigenvalue weighted by atomic mass is 19.4. The summed E-state index contributed by atoms with van der Waals surface area (Å²) in [5.41, 5.74) is -0.265. The molecule has 3 rings (SSSR count). The maximum Gasteiger partial charge on any atom is 0.417 e. The van der Waals surface area contributed by atoms with Crippen LogP contribution >= 0.6 is 0 Å². The zero-order valence-corrected chi connectivity index (χ0v) is 15.7. The molecule has 0 saturated heterocycles. The Hall–Kier alpha value is -2.57. The summed E-state index contributed by atoms with van der Waals surface area (Å²) in [6.45, 7) is -0.391. The van der Waals surface area contributed by atoms with Crippen LogP contribution in [0.5, 0.6) is 0 Å². The van der Waals surface area contributed by atoms with Gasteiger partial charge in [0, 0.05) is 25.4 Å². The first kappa shape index (κ1) is 20.2. The third kappa shape index (κ3) is 4.64. The van der Waals surface area contributed by atoms with Gasteiger partial charge in [0.15, 0.2) is 0 Å². The Labute approximate surface area is 161 Å². The van der Waals surface area contributed by atoms with Gasteiger partial charge in [-0.1, -0.05) is 30.3 Å². The summed E-state index contributed by atoms with van der Waals surface area (Å²) < 4.78 is 39.4. The monoisotopic (exact) mass is 392 g/mol. The average molecular weight is 392 g/mol. The van der Waals surface area contributed by atoms with E-state index in [0.717, 1.165) is 42.4 Å². The predicted molar refractivity (Wildman–Crippen MR) is 99.9 cm³/mol. The molecule has 0 N–H and O–H groups in total. The Morgan fingerprint density at radius 2 is 1.71 bits per heavy atom. The molecule has 0 unspecified atom stereocenters. The van der Waals surface area contributed by atoms with Crippen LogP contribution in [0.15, 0.2) is 53.5 Å². The van der Waals surface area contributed by atoms with Crippen molar-refractivity contribution in [2.75, 3.05) is 7.05 Å². The van der Waals surface area contributed by atoms with E-state index in [1.807, 2.05) is 18.2 Å². The zero-order chi connectivity index (χ0) is 20.3. The Balaban J connectivity index is 1.62. The molecule has 1 aliphatic rings. The number of carbonyl (C=O) groups is 1. The molecule has 1 aromatic heterocycles. The summed E-state index contributed by atoms with van der Waals surface area (Å²) >= 11 is 0. The highest BCUT2D eigenvalue weighted by Crippen LogP contribution is 2.34. The van der Waals surface area contributed by atoms with Crippen LogP contribution in [0.3, 0.4) is 0 Å². The average Bonchev–Trinajstić information content (AvgIpc) is 2.69. The number of aromatic nitrogens is 1. The number of amides is 1. The molecule has 4 nitrogen and oxygen atoms in total. The zero-order valence-electron chi connectivity index (χ0n) is 15.7. The number of benzene rings is 1. The van der Waals surface area contributed by atoms with Gasteiger partial charge in [-0.2, -0.15) is 13.2 Å². The Morgan fingerprint density at radius 3 is 2.32 bits per heavy atom. The van der Waals surface area contributed by atoms with Crippen molar-refractivity contribution >= 4 is 5.91 Å². The van der Waals surface area contributed by atoms with Gasteiger partial charge in [0.2, 0.25) is 5.91 Å². The molecular formula is C21H23F3N2O2. The van der Waals surface area contributed by atoms with Gasteiger partial charge in [-0.05, 0) is 43.2 Å². The molecule has 1 aromatic carbocycles. The first-order valence-electron chi connectivity index (χ1n) is 9.34. The van der Waals surface area contributed by atoms with Gasteiger partial charge in [0.1, 0.15) is 6.54 Å². The molecule has 0 spiro atoms. The summed E-state index contributed by atoms with van der Waals surface area (Å²) in [5.74, 6) is 0.108. The summed E-state index contributed by atoms with van der Waals surface area (Å²) in [5, 5.41) is 0. The fourth-order valence-corrected chi connectivity index (χ4v) is 3.81. The number of alkyl halides is 3. The Bertz CT molecular complexity index is 869. The molecule has 0 aliphatic heterocycles. The highest BCUT2D eigenvalue weighted by molar-refractivity contribution is 5.76. The summed E-state index contributed by atoms with van der Waals surface area (Å²) in [7, 11) is 1.66. The Kier molecular flexibility index (Phi) is 5.91. The van der Waals surface area contributed by atoms with Crippen molar-refractivity contribution < 1.29 is 18.0 Å². The van der Waals surface area contributed by atoms with E-state index in [4.69, 9.17) is 0 Å². The molecule has 7 heteroatoms. The first-order chi connectivity index (χ1) is 13.3. The molecule has 1 fully saturated rings. The van der Waals surface area contributed by atoms with E-state index in [2.05, 4.69) is 12.1 Å². The van der Waals surface area contributed by atoms with Crippen LogP contribution in [0.4, 0.5) is 13.2 Å². The number of hydrogen-bond donors (Lipinski definition) is 0. The molecule has 0 atom stereocenters. The number of rotatable bonds is 4. The molecule has 28 heavy (non-hydrogen) atoms. The van der Waals surface area contributed by atoms with E-state index in [1.165, 1.54) is 5.56 Å². The quantitative estimate of drug-likeness (QED) is 0.788. The maximum absolute atomic E-state index is 12.9. The van der Waals surface area contributed by atoms with Crippen molar-refractivity contribution in [3.8, 4) is 0 Å². The molecule has 0 bridgehead atoms. The lowest BCUT2D eigenvalue weighted by atomic mass is 9.81. The van der Waals surface area contributed by atoms with Crippen molar-refractivity contribution in [2.24, 2.45) is 0 Å². The summed E-state index contributed by atoms with van der Waals surface area (Å²) in [4.78, 5) is 26.0. The van der Waals surface area contributed by atoms with Crippen molar-refractivity contribution in [3.63, 3.8) is 0 Å². The van der Waals surface area contributed by atoms with Crippen molar-refractivity contribution in [3.05, 3.63) is 70.1 Å². The summed E-state index contributed by atoms with van der Waals surface area (Å²) in [6, 6.07) is 11.9. The predicted octanol–water partition coefficient (Wildman–Crippen LogP) is 4.05. The standard InChI is InChI=1S/C21H23F3N2O2/c1-25(18-10-7-16(8-11-18)15-5-3-2-4-6-15)20(28)14-26-13-17(21(22,23)24)9-12-19(26)27/h2-6,9,12-13,16,18H,7-8,10-11,14H2,1H3. The second-order valence-corrected chi connectivity index (χ2v) is 7.30. The van der Waals surface area contributed by atoms with Gasteiger partial charge in [0.25, 0.3) is 5.56 Å². The third-order valence-corrected chi connectivity index (χ3v) is 5.53. The lowest BCUT2D eigenvalue weighted by Crippen LogP contribution is -2.42. The second-order valence-electron chi connectivity index (χ2n) is 7.30. The highest BCUT2D eigenvalue weighted by Gasteiger charge is 2.32. The molecule has 150 valence electrons. The molecule has 1 saturated carbocycles. The fourth-order valence-electron chi connectivity index (χ4n) is 3.81. The second kappa shape index (κ2) is 8.20. The van der Waals surface area contributed by atoms with E-state index < -0.39 is 23.8 Å². The minimum absolute atomic E-state index is 0.0361. The summed E-state index contributed by atoms with van der Waals surface area (Å²) in [6.07, 6.45) is -0.273. The smallest absolute Gasteiger partial charge is 0.341 e. The van der Waals surface area contributed by atoms with Crippen LogP contribution < -0.4 is 5.56 Å². The topological polar surface area (TPSA) is 42.3 Å². The lowest BCUT2D eigenvalue weighted by molar-refractivity contribution is -0.139. The largest absolute Gasteiger partial charge is 0.417 e. The van der Waals surface area contributed by atoms with Gasteiger partial charge in [-0.25, -0.2) is 0 Å². The van der Waals surface area contributed by atoms with Crippen LogP contribution in [-0.2, 0) is 17.5 Å². The van der Waals surface area contributed by atoms with Gasteiger partial charge in [-0.15, -0.1) is 0 Å². The van der Waals surface area contributed by atoms with Crippen LogP contribution in [0.1, 0.15) is 42.7 Å². The van der Waals surface area contributed by atoms with Crippen molar-refractivity contribution in [1.29, 1.82) is 0 Å². The maximum atomic E-state index is 12.9. The van der Waals surface area contributed by atoms with Crippen molar-refractivity contribution in [2.45, 2.75) is 50.4 Å². The number of carbonyl (C=O) groups excluding carboxylic acids is 1. The SMILES string of the molecule is CN(C(=O)Cn1cc(C(F)(F)F)ccc1=O)C1CCC(c2ccccc2)CC1. The van der Waals surface area contributed by atoms with Crippen molar-refractivity contribution in [1.82, 2.24) is 9.47 Å². The van der Waals surface area contributed by atoms with E-state index in [1.54, 1.807) is 11.9 Å². The molecular weight excluding hydrogens is 369 g/mol. The molecule has 1 amide bonds. The van der Waals surface area contributed by atoms with Crippen LogP contribution in [0.2, 0.25) is 0 Å². The molecule has 1 aliphatic carbocycles. The van der Waals surface area contributed by atoms with Gasteiger partial charge >= 0.3 is 6.18 Å². The minimum atomic E-state index is -4.56. The number of likely N-dealkylation sites (N-methyl/N-ethyl adjacent to an activating group) is 1. The van der Waals surface area contributed by atoms with E-state index in [0.29, 0.717) is 12.1 Å². The van der Waals surface area contributed by atoms with Crippen LogP contribution in [-0.4, -0.2) is 28.5 Å². The third-order valence-electron chi connectivity index (χ3n) is 5.53. The minimum Gasteiger partial charge on any atom is -0.341 e. The number of hydrogen-bond acceptors (Lipinski definition) is 2. The normalized spacial score (nSPS) is 20.0. The number of pyridine rings is 1.